The zero-order valence-electron chi connectivity index (χ0n) is 11.0. The van der Waals surface area contributed by atoms with Crippen LogP contribution in [0.1, 0.15) is 25.7 Å². The SMILES string of the molecule is O=C(NCCn1cccc1)N1C2CCC1CC(O)C2. The average Bonchev–Trinajstić information content (AvgIpc) is 2.96. The second-order valence-electron chi connectivity index (χ2n) is 5.57. The largest absolute Gasteiger partial charge is 0.393 e. The fourth-order valence-corrected chi connectivity index (χ4v) is 3.38. The lowest BCUT2D eigenvalue weighted by Crippen LogP contribution is -2.52. The van der Waals surface area contributed by atoms with Crippen molar-refractivity contribution in [3.63, 3.8) is 0 Å². The minimum absolute atomic E-state index is 0.0338. The molecule has 2 bridgehead atoms. The number of nitrogens with one attached hydrogen (secondary N) is 1. The third-order valence-electron chi connectivity index (χ3n) is 4.26. The van der Waals surface area contributed by atoms with Crippen LogP contribution in [0.2, 0.25) is 0 Å². The molecule has 3 heterocycles. The Kier molecular flexibility index (Phi) is 3.46. The molecule has 19 heavy (non-hydrogen) atoms. The Bertz CT molecular complexity index is 418. The standard InChI is InChI=1S/C14H21N3O2/c18-13-9-11-3-4-12(10-13)17(11)14(19)15-5-8-16-6-1-2-7-16/h1-2,6-7,11-13,18H,3-5,8-10H2,(H,15,19). The molecular weight excluding hydrogens is 242 g/mol. The van der Waals surface area contributed by atoms with Gasteiger partial charge in [-0.15, -0.1) is 0 Å². The molecule has 0 radical (unpaired) electrons. The van der Waals surface area contributed by atoms with E-state index in [1.807, 2.05) is 29.4 Å². The molecule has 2 atom stereocenters. The van der Waals surface area contributed by atoms with Crippen LogP contribution in [0.25, 0.3) is 0 Å². The number of aliphatic hydroxyl groups is 1. The number of aromatic nitrogens is 1. The maximum Gasteiger partial charge on any atom is 0.317 e. The highest BCUT2D eigenvalue weighted by atomic mass is 16.3. The quantitative estimate of drug-likeness (QED) is 0.860. The van der Waals surface area contributed by atoms with Crippen molar-refractivity contribution in [2.24, 2.45) is 0 Å². The van der Waals surface area contributed by atoms with Gasteiger partial charge in [0.2, 0.25) is 0 Å². The van der Waals surface area contributed by atoms with Crippen LogP contribution in [-0.2, 0) is 6.54 Å². The van der Waals surface area contributed by atoms with Crippen LogP contribution in [-0.4, -0.2) is 45.3 Å². The highest BCUT2D eigenvalue weighted by Crippen LogP contribution is 2.35. The third kappa shape index (κ3) is 2.61. The molecule has 3 rings (SSSR count). The number of aliphatic hydroxyl groups excluding tert-OH is 1. The van der Waals surface area contributed by atoms with Crippen LogP contribution in [0.4, 0.5) is 4.79 Å². The zero-order chi connectivity index (χ0) is 13.2. The Hall–Kier alpha value is -1.49. The van der Waals surface area contributed by atoms with Crippen LogP contribution in [0.3, 0.4) is 0 Å². The molecular formula is C14H21N3O2. The number of amides is 2. The third-order valence-corrected chi connectivity index (χ3v) is 4.26. The number of hydrogen-bond donors (Lipinski definition) is 2. The summed E-state index contributed by atoms with van der Waals surface area (Å²) < 4.78 is 2.05. The molecule has 5 nitrogen and oxygen atoms in total. The molecule has 1 aromatic rings. The Morgan fingerprint density at radius 2 is 1.84 bits per heavy atom. The minimum atomic E-state index is -0.221. The molecule has 0 spiro atoms. The van der Waals surface area contributed by atoms with Crippen molar-refractivity contribution in [3.8, 4) is 0 Å². The van der Waals surface area contributed by atoms with Gasteiger partial charge in [-0.3, -0.25) is 0 Å². The molecule has 2 aliphatic heterocycles. The van der Waals surface area contributed by atoms with Gasteiger partial charge in [0.15, 0.2) is 0 Å². The van der Waals surface area contributed by atoms with E-state index in [1.165, 1.54) is 0 Å². The van der Waals surface area contributed by atoms with Gasteiger partial charge in [0.1, 0.15) is 0 Å². The van der Waals surface area contributed by atoms with Crippen molar-refractivity contribution in [1.82, 2.24) is 14.8 Å². The lowest BCUT2D eigenvalue weighted by molar-refractivity contribution is 0.0542. The minimum Gasteiger partial charge on any atom is -0.393 e. The van der Waals surface area contributed by atoms with Gasteiger partial charge >= 0.3 is 6.03 Å². The molecule has 2 unspecified atom stereocenters. The van der Waals surface area contributed by atoms with Crippen molar-refractivity contribution in [1.29, 1.82) is 0 Å². The van der Waals surface area contributed by atoms with Crippen molar-refractivity contribution in [2.75, 3.05) is 6.54 Å². The topological polar surface area (TPSA) is 57.5 Å². The van der Waals surface area contributed by atoms with E-state index in [0.717, 1.165) is 32.2 Å². The number of rotatable bonds is 3. The van der Waals surface area contributed by atoms with E-state index in [4.69, 9.17) is 0 Å². The van der Waals surface area contributed by atoms with E-state index in [9.17, 15) is 9.90 Å². The maximum absolute atomic E-state index is 12.2. The van der Waals surface area contributed by atoms with E-state index in [2.05, 4.69) is 9.88 Å². The first-order chi connectivity index (χ1) is 9.24. The van der Waals surface area contributed by atoms with E-state index < -0.39 is 0 Å². The van der Waals surface area contributed by atoms with Crippen molar-refractivity contribution >= 4 is 6.03 Å². The van der Waals surface area contributed by atoms with E-state index in [-0.39, 0.29) is 24.2 Å². The predicted octanol–water partition coefficient (Wildman–Crippen LogP) is 1.19. The molecule has 5 heteroatoms. The summed E-state index contributed by atoms with van der Waals surface area (Å²) in [5.41, 5.74) is 0. The van der Waals surface area contributed by atoms with Gasteiger partial charge in [0, 0.05) is 37.6 Å². The molecule has 2 N–H and O–H groups in total. The second-order valence-corrected chi connectivity index (χ2v) is 5.57. The molecule has 1 aromatic heterocycles. The van der Waals surface area contributed by atoms with Gasteiger partial charge < -0.3 is 19.9 Å². The first-order valence-corrected chi connectivity index (χ1v) is 7.09. The first kappa shape index (κ1) is 12.5. The molecule has 2 saturated heterocycles. The summed E-state index contributed by atoms with van der Waals surface area (Å²) in [6, 6.07) is 4.47. The molecule has 0 aromatic carbocycles. The normalized spacial score (nSPS) is 29.5. The number of carbonyl (C=O) groups excluding carboxylic acids is 1. The molecule has 2 fully saturated rings. The van der Waals surface area contributed by atoms with E-state index in [0.29, 0.717) is 6.54 Å². The highest BCUT2D eigenvalue weighted by Gasteiger charge is 2.42. The summed E-state index contributed by atoms with van der Waals surface area (Å²) in [5, 5.41) is 12.7. The number of urea groups is 1. The van der Waals surface area contributed by atoms with Gasteiger partial charge in [-0.25, -0.2) is 4.79 Å². The van der Waals surface area contributed by atoms with Crippen LogP contribution < -0.4 is 5.32 Å². The van der Waals surface area contributed by atoms with Gasteiger partial charge in [-0.1, -0.05) is 0 Å². The predicted molar refractivity (Wildman–Crippen MR) is 71.7 cm³/mol. The highest BCUT2D eigenvalue weighted by molar-refractivity contribution is 5.75. The Morgan fingerprint density at radius 3 is 2.47 bits per heavy atom. The van der Waals surface area contributed by atoms with Crippen LogP contribution in [0.5, 0.6) is 0 Å². The number of nitrogens with zero attached hydrogens (tertiary/aromatic N) is 2. The monoisotopic (exact) mass is 263 g/mol. The van der Waals surface area contributed by atoms with Crippen molar-refractivity contribution < 1.29 is 9.90 Å². The smallest absolute Gasteiger partial charge is 0.317 e. The van der Waals surface area contributed by atoms with Gasteiger partial charge in [-0.05, 0) is 37.8 Å². The summed E-state index contributed by atoms with van der Waals surface area (Å²) >= 11 is 0. The molecule has 2 amide bonds. The van der Waals surface area contributed by atoms with E-state index in [1.54, 1.807) is 0 Å². The Labute approximate surface area is 113 Å². The fraction of sp³-hybridized carbons (Fsp3) is 0.643. The average molecular weight is 263 g/mol. The maximum atomic E-state index is 12.2. The number of piperidine rings is 1. The Morgan fingerprint density at radius 1 is 1.21 bits per heavy atom. The lowest BCUT2D eigenvalue weighted by Gasteiger charge is -2.37. The number of hydrogen-bond acceptors (Lipinski definition) is 2. The van der Waals surface area contributed by atoms with Crippen LogP contribution in [0.15, 0.2) is 24.5 Å². The molecule has 104 valence electrons. The summed E-state index contributed by atoms with van der Waals surface area (Å²) in [5.74, 6) is 0. The van der Waals surface area contributed by atoms with Crippen molar-refractivity contribution in [3.05, 3.63) is 24.5 Å². The van der Waals surface area contributed by atoms with Gasteiger partial charge in [-0.2, -0.15) is 0 Å². The van der Waals surface area contributed by atoms with Crippen molar-refractivity contribution in [2.45, 2.75) is 50.4 Å². The van der Waals surface area contributed by atoms with Gasteiger partial charge in [0.25, 0.3) is 0 Å². The number of fused-ring (bicyclic) bond motifs is 2. The molecule has 2 aliphatic rings. The lowest BCUT2D eigenvalue weighted by atomic mass is 10.0. The summed E-state index contributed by atoms with van der Waals surface area (Å²) in [7, 11) is 0. The molecule has 0 aliphatic carbocycles. The van der Waals surface area contributed by atoms with Gasteiger partial charge in [0.05, 0.1) is 6.10 Å². The van der Waals surface area contributed by atoms with Crippen LogP contribution >= 0.6 is 0 Å². The summed E-state index contributed by atoms with van der Waals surface area (Å²) in [6.07, 6.45) is 7.31. The second kappa shape index (κ2) is 5.25. The summed E-state index contributed by atoms with van der Waals surface area (Å²) in [6.45, 7) is 1.44. The number of carbonyl (C=O) groups is 1. The molecule has 0 saturated carbocycles. The van der Waals surface area contributed by atoms with E-state index >= 15 is 0 Å². The first-order valence-electron chi connectivity index (χ1n) is 7.09. The van der Waals surface area contributed by atoms with Crippen LogP contribution in [0, 0.1) is 0 Å². The fourth-order valence-electron chi connectivity index (χ4n) is 3.38. The zero-order valence-corrected chi connectivity index (χ0v) is 11.0. The summed E-state index contributed by atoms with van der Waals surface area (Å²) in [4.78, 5) is 14.2. The Balaban J connectivity index is 1.51.